The van der Waals surface area contributed by atoms with Crippen molar-refractivity contribution in [2.24, 2.45) is 0 Å². The minimum Gasteiger partial charge on any atom is -0.444 e. The minimum absolute atomic E-state index is 0.201. The lowest BCUT2D eigenvalue weighted by atomic mass is 10.1. The summed E-state index contributed by atoms with van der Waals surface area (Å²) in [5.74, 6) is 1.30. The molecule has 22 heavy (non-hydrogen) atoms. The first kappa shape index (κ1) is 17.7. The van der Waals surface area contributed by atoms with E-state index < -0.39 is 5.60 Å². The fourth-order valence-corrected chi connectivity index (χ4v) is 3.99. The van der Waals surface area contributed by atoms with Crippen LogP contribution in [0.15, 0.2) is 11.6 Å². The highest BCUT2D eigenvalue weighted by molar-refractivity contribution is 7.99. The van der Waals surface area contributed by atoms with Gasteiger partial charge < -0.3 is 15.0 Å². The molecule has 1 N–H and O–H groups in total. The Bertz CT molecular complexity index is 417. The molecule has 2 unspecified atom stereocenters. The van der Waals surface area contributed by atoms with Crippen molar-refractivity contribution in [2.75, 3.05) is 25.4 Å². The van der Waals surface area contributed by atoms with Crippen LogP contribution in [0, 0.1) is 0 Å². The molecular formula is C17H30N2O2S. The molecule has 0 bridgehead atoms. The summed E-state index contributed by atoms with van der Waals surface area (Å²) in [4.78, 5) is 13.8. The van der Waals surface area contributed by atoms with Gasteiger partial charge in [0, 0.05) is 30.9 Å². The molecule has 0 aromatic rings. The van der Waals surface area contributed by atoms with Gasteiger partial charge in [-0.15, -0.1) is 0 Å². The molecule has 2 aliphatic heterocycles. The van der Waals surface area contributed by atoms with Crippen LogP contribution in [-0.2, 0) is 4.74 Å². The molecule has 2 heterocycles. The van der Waals surface area contributed by atoms with Gasteiger partial charge in [-0.2, -0.15) is 11.8 Å². The number of hydrogen-bond acceptors (Lipinski definition) is 4. The van der Waals surface area contributed by atoms with Crippen molar-refractivity contribution in [3.05, 3.63) is 11.6 Å². The molecule has 0 aromatic carbocycles. The maximum Gasteiger partial charge on any atom is 0.410 e. The zero-order chi connectivity index (χ0) is 16.2. The summed E-state index contributed by atoms with van der Waals surface area (Å²) < 4.78 is 5.42. The van der Waals surface area contributed by atoms with Crippen LogP contribution >= 0.6 is 11.8 Å². The van der Waals surface area contributed by atoms with Crippen molar-refractivity contribution in [1.82, 2.24) is 10.2 Å². The number of nitrogens with one attached hydrogen (secondary N) is 1. The molecule has 4 nitrogen and oxygen atoms in total. The Labute approximate surface area is 139 Å². The standard InChI is InChI=1S/C17H30N2O2S/c1-13-15(6-5-11-22-13)18-12-14-7-9-19(10-8-14)16(20)21-17(2,3)4/h7,13,15,18H,5-6,8-12H2,1-4H3. The Morgan fingerprint density at radius 1 is 1.50 bits per heavy atom. The first-order valence-electron chi connectivity index (χ1n) is 8.36. The van der Waals surface area contributed by atoms with Crippen molar-refractivity contribution in [1.29, 1.82) is 0 Å². The highest BCUT2D eigenvalue weighted by Crippen LogP contribution is 2.25. The van der Waals surface area contributed by atoms with Crippen LogP contribution in [0.1, 0.15) is 47.0 Å². The van der Waals surface area contributed by atoms with Crippen LogP contribution in [0.25, 0.3) is 0 Å². The Morgan fingerprint density at radius 3 is 2.86 bits per heavy atom. The lowest BCUT2D eigenvalue weighted by molar-refractivity contribution is 0.0265. The van der Waals surface area contributed by atoms with Crippen LogP contribution in [0.2, 0.25) is 0 Å². The molecule has 0 aliphatic carbocycles. The second-order valence-electron chi connectivity index (χ2n) is 7.24. The second-order valence-corrected chi connectivity index (χ2v) is 8.73. The van der Waals surface area contributed by atoms with Gasteiger partial charge in [0.15, 0.2) is 0 Å². The molecule has 1 amide bonds. The molecule has 2 aliphatic rings. The number of nitrogens with zero attached hydrogens (tertiary/aromatic N) is 1. The third-order valence-corrected chi connectivity index (χ3v) is 5.53. The summed E-state index contributed by atoms with van der Waals surface area (Å²) in [5, 5.41) is 4.40. The zero-order valence-electron chi connectivity index (χ0n) is 14.4. The lowest BCUT2D eigenvalue weighted by Gasteiger charge is -2.32. The minimum atomic E-state index is -0.419. The van der Waals surface area contributed by atoms with Crippen LogP contribution in [-0.4, -0.2) is 53.3 Å². The van der Waals surface area contributed by atoms with Gasteiger partial charge in [0.25, 0.3) is 0 Å². The van der Waals surface area contributed by atoms with Crippen LogP contribution in [0.4, 0.5) is 4.79 Å². The van der Waals surface area contributed by atoms with Gasteiger partial charge in [-0.25, -0.2) is 4.79 Å². The average Bonchev–Trinajstić information content (AvgIpc) is 2.45. The summed E-state index contributed by atoms with van der Waals surface area (Å²) >= 11 is 2.07. The normalized spacial score (nSPS) is 26.5. The van der Waals surface area contributed by atoms with Gasteiger partial charge in [0.2, 0.25) is 0 Å². The summed E-state index contributed by atoms with van der Waals surface area (Å²) in [6, 6.07) is 0.628. The molecule has 126 valence electrons. The largest absolute Gasteiger partial charge is 0.444 e. The molecule has 0 radical (unpaired) electrons. The SMILES string of the molecule is CC1SCCCC1NCC1=CCN(C(=O)OC(C)(C)C)CC1. The summed E-state index contributed by atoms with van der Waals surface area (Å²) in [6.07, 6.45) is 5.53. The van der Waals surface area contributed by atoms with Crippen molar-refractivity contribution in [3.8, 4) is 0 Å². The maximum absolute atomic E-state index is 12.0. The Morgan fingerprint density at radius 2 is 2.27 bits per heavy atom. The maximum atomic E-state index is 12.0. The topological polar surface area (TPSA) is 41.6 Å². The first-order valence-corrected chi connectivity index (χ1v) is 9.41. The molecule has 5 heteroatoms. The highest BCUT2D eigenvalue weighted by Gasteiger charge is 2.25. The number of hydrogen-bond donors (Lipinski definition) is 1. The fourth-order valence-electron chi connectivity index (χ4n) is 2.82. The highest BCUT2D eigenvalue weighted by atomic mass is 32.2. The third-order valence-electron chi connectivity index (χ3n) is 4.15. The third kappa shape index (κ3) is 5.51. The van der Waals surface area contributed by atoms with Crippen molar-refractivity contribution in [2.45, 2.75) is 63.9 Å². The zero-order valence-corrected chi connectivity index (χ0v) is 15.2. The second kappa shape index (κ2) is 7.73. The predicted octanol–water partition coefficient (Wildman–Crippen LogP) is 3.43. The Hall–Kier alpha value is -0.680. The summed E-state index contributed by atoms with van der Waals surface area (Å²) in [6.45, 7) is 10.4. The smallest absolute Gasteiger partial charge is 0.410 e. The van der Waals surface area contributed by atoms with E-state index in [2.05, 4.69) is 30.1 Å². The van der Waals surface area contributed by atoms with Gasteiger partial charge in [-0.1, -0.05) is 18.6 Å². The van der Waals surface area contributed by atoms with E-state index in [-0.39, 0.29) is 6.09 Å². The van der Waals surface area contributed by atoms with E-state index in [1.807, 2.05) is 20.8 Å². The van der Waals surface area contributed by atoms with Gasteiger partial charge in [-0.3, -0.25) is 0 Å². The van der Waals surface area contributed by atoms with Gasteiger partial charge in [0.1, 0.15) is 5.60 Å². The van der Waals surface area contributed by atoms with Crippen LogP contribution < -0.4 is 5.32 Å². The Kier molecular flexibility index (Phi) is 6.21. The molecule has 0 saturated carbocycles. The van der Waals surface area contributed by atoms with E-state index in [0.29, 0.717) is 17.8 Å². The van der Waals surface area contributed by atoms with Gasteiger partial charge >= 0.3 is 6.09 Å². The molecule has 1 saturated heterocycles. The molecule has 0 aromatic heterocycles. The average molecular weight is 327 g/mol. The monoisotopic (exact) mass is 326 g/mol. The summed E-state index contributed by atoms with van der Waals surface area (Å²) in [5.41, 5.74) is 1.000. The van der Waals surface area contributed by atoms with Gasteiger partial charge in [0.05, 0.1) is 0 Å². The van der Waals surface area contributed by atoms with E-state index in [1.54, 1.807) is 4.90 Å². The number of ether oxygens (including phenoxy) is 1. The lowest BCUT2D eigenvalue weighted by Crippen LogP contribution is -2.42. The quantitative estimate of drug-likeness (QED) is 0.807. The number of carbonyl (C=O) groups excluding carboxylic acids is 1. The number of amides is 1. The van der Waals surface area contributed by atoms with E-state index >= 15 is 0 Å². The van der Waals surface area contributed by atoms with Crippen LogP contribution in [0.5, 0.6) is 0 Å². The van der Waals surface area contributed by atoms with E-state index in [1.165, 1.54) is 24.2 Å². The molecule has 2 atom stereocenters. The van der Waals surface area contributed by atoms with Crippen molar-refractivity contribution < 1.29 is 9.53 Å². The fraction of sp³-hybridized carbons (Fsp3) is 0.824. The molecule has 2 rings (SSSR count). The number of rotatable bonds is 3. The summed E-state index contributed by atoms with van der Waals surface area (Å²) in [7, 11) is 0. The number of thioether (sulfide) groups is 1. The van der Waals surface area contributed by atoms with Crippen molar-refractivity contribution in [3.63, 3.8) is 0 Å². The van der Waals surface area contributed by atoms with Crippen LogP contribution in [0.3, 0.4) is 0 Å². The van der Waals surface area contributed by atoms with E-state index in [9.17, 15) is 4.79 Å². The van der Waals surface area contributed by atoms with Gasteiger partial charge in [-0.05, 0) is 45.8 Å². The van der Waals surface area contributed by atoms with E-state index in [4.69, 9.17) is 4.74 Å². The Balaban J connectivity index is 1.75. The predicted molar refractivity (Wildman–Crippen MR) is 93.5 cm³/mol. The van der Waals surface area contributed by atoms with Crippen molar-refractivity contribution >= 4 is 17.9 Å². The molecule has 1 fully saturated rings. The first-order chi connectivity index (χ1) is 10.3. The molecule has 0 spiro atoms. The molecular weight excluding hydrogens is 296 g/mol. The van der Waals surface area contributed by atoms with E-state index in [0.717, 1.165) is 19.5 Å². The number of carbonyl (C=O) groups is 1.